The summed E-state index contributed by atoms with van der Waals surface area (Å²) in [6, 6.07) is 14.9. The average Bonchev–Trinajstić information content (AvgIpc) is 2.67. The average molecular weight is 395 g/mol. The summed E-state index contributed by atoms with van der Waals surface area (Å²) >= 11 is 6.36. The molecule has 0 radical (unpaired) electrons. The Morgan fingerprint density at radius 2 is 1.85 bits per heavy atom. The number of hydrogen-bond donors (Lipinski definition) is 1. The smallest absolute Gasteiger partial charge is 0.267 e. The summed E-state index contributed by atoms with van der Waals surface area (Å²) < 4.78 is 11.6. The lowest BCUT2D eigenvalue weighted by molar-refractivity contribution is -0.144. The largest absolute Gasteiger partial charge is 0.485 e. The van der Waals surface area contributed by atoms with Gasteiger partial charge in [0.25, 0.3) is 5.91 Å². The number of amides is 1. The maximum absolute atomic E-state index is 13.1. The molecule has 1 amide bonds. The molecular formula is C19H20Cl2N2O3. The first-order valence-electron chi connectivity index (χ1n) is 8.38. The molecule has 7 heteroatoms. The Balaban J connectivity index is 0.00000196. The highest BCUT2D eigenvalue weighted by atomic mass is 35.5. The van der Waals surface area contributed by atoms with Gasteiger partial charge in [0, 0.05) is 24.7 Å². The second-order valence-electron chi connectivity index (χ2n) is 6.14. The Hall–Kier alpha value is -1.95. The molecule has 2 unspecified atom stereocenters. The molecule has 1 N–H and O–H groups in total. The van der Waals surface area contributed by atoms with Crippen molar-refractivity contribution in [2.75, 3.05) is 26.2 Å². The Labute approximate surface area is 163 Å². The van der Waals surface area contributed by atoms with Gasteiger partial charge in [0.15, 0.2) is 11.5 Å². The topological polar surface area (TPSA) is 50.8 Å². The lowest BCUT2D eigenvalue weighted by Crippen LogP contribution is -2.54. The fraction of sp³-hybridized carbons (Fsp3) is 0.316. The molecule has 4 rings (SSSR count). The number of rotatable bonds is 2. The van der Waals surface area contributed by atoms with Crippen LogP contribution in [-0.4, -0.2) is 43.2 Å². The number of carbonyl (C=O) groups is 1. The molecule has 0 spiro atoms. The number of nitrogens with zero attached hydrogens (tertiary/aromatic N) is 1. The Kier molecular flexibility index (Phi) is 5.91. The summed E-state index contributed by atoms with van der Waals surface area (Å²) in [5.41, 5.74) is 0.946. The lowest BCUT2D eigenvalue weighted by atomic mass is 10.0. The van der Waals surface area contributed by atoms with Gasteiger partial charge in [-0.3, -0.25) is 4.79 Å². The maximum Gasteiger partial charge on any atom is 0.267 e. The highest BCUT2D eigenvalue weighted by Crippen LogP contribution is 2.33. The number of carbonyl (C=O) groups excluding carboxylic acids is 1. The van der Waals surface area contributed by atoms with Gasteiger partial charge in [-0.2, -0.15) is 0 Å². The summed E-state index contributed by atoms with van der Waals surface area (Å²) in [4.78, 5) is 15.0. The van der Waals surface area contributed by atoms with E-state index in [1.54, 1.807) is 0 Å². The molecule has 1 saturated heterocycles. The molecular weight excluding hydrogens is 375 g/mol. The van der Waals surface area contributed by atoms with Crippen molar-refractivity contribution in [3.05, 3.63) is 59.1 Å². The summed E-state index contributed by atoms with van der Waals surface area (Å²) in [6.45, 7) is 2.24. The first-order valence-corrected chi connectivity index (χ1v) is 8.76. The van der Waals surface area contributed by atoms with Gasteiger partial charge in [-0.1, -0.05) is 41.9 Å². The van der Waals surface area contributed by atoms with Gasteiger partial charge in [0.1, 0.15) is 6.61 Å². The van der Waals surface area contributed by atoms with Crippen LogP contribution in [-0.2, 0) is 4.79 Å². The van der Waals surface area contributed by atoms with E-state index in [2.05, 4.69) is 5.32 Å². The molecule has 0 aromatic heterocycles. The summed E-state index contributed by atoms with van der Waals surface area (Å²) in [7, 11) is 0. The van der Waals surface area contributed by atoms with Crippen molar-refractivity contribution in [2.24, 2.45) is 0 Å². The third-order valence-corrected chi connectivity index (χ3v) is 4.92. The monoisotopic (exact) mass is 394 g/mol. The second-order valence-corrected chi connectivity index (χ2v) is 6.54. The molecule has 5 nitrogen and oxygen atoms in total. The zero-order chi connectivity index (χ0) is 17.2. The standard InChI is InChI=1S/C19H19ClN2O3.ClH/c20-14-6-2-1-5-13(14)15-11-21-9-10-22(15)19(23)18-12-24-16-7-3-4-8-17(16)25-18;/h1-8,15,18,21H,9-12H2;1H. The zero-order valence-electron chi connectivity index (χ0n) is 14.1. The summed E-state index contributed by atoms with van der Waals surface area (Å²) in [5, 5.41) is 4.01. The lowest BCUT2D eigenvalue weighted by Gasteiger charge is -2.39. The fourth-order valence-corrected chi connectivity index (χ4v) is 3.58. The van der Waals surface area contributed by atoms with Crippen LogP contribution in [0, 0.1) is 0 Å². The van der Waals surface area contributed by atoms with Crippen LogP contribution in [0.5, 0.6) is 11.5 Å². The number of hydrogen-bond acceptors (Lipinski definition) is 4. The predicted molar refractivity (Wildman–Crippen MR) is 102 cm³/mol. The van der Waals surface area contributed by atoms with E-state index in [9.17, 15) is 4.79 Å². The van der Waals surface area contributed by atoms with Crippen molar-refractivity contribution >= 4 is 29.9 Å². The van der Waals surface area contributed by atoms with Crippen molar-refractivity contribution in [1.29, 1.82) is 0 Å². The molecule has 1 fully saturated rings. The predicted octanol–water partition coefficient (Wildman–Crippen LogP) is 3.07. The first-order chi connectivity index (χ1) is 12.2. The third-order valence-electron chi connectivity index (χ3n) is 4.57. The number of fused-ring (bicyclic) bond motifs is 1. The summed E-state index contributed by atoms with van der Waals surface area (Å²) in [6.07, 6.45) is -0.641. The van der Waals surface area contributed by atoms with Gasteiger partial charge in [0.05, 0.1) is 6.04 Å². The minimum Gasteiger partial charge on any atom is -0.485 e. The van der Waals surface area contributed by atoms with Crippen LogP contribution in [0.15, 0.2) is 48.5 Å². The number of piperazine rings is 1. The molecule has 2 atom stereocenters. The van der Waals surface area contributed by atoms with Gasteiger partial charge < -0.3 is 19.7 Å². The molecule has 2 aliphatic heterocycles. The number of halogens is 2. The molecule has 2 aliphatic rings. The van der Waals surface area contributed by atoms with E-state index in [1.807, 2.05) is 53.4 Å². The number of para-hydroxylation sites is 2. The van der Waals surface area contributed by atoms with E-state index in [4.69, 9.17) is 21.1 Å². The van der Waals surface area contributed by atoms with Gasteiger partial charge in [-0.25, -0.2) is 0 Å². The van der Waals surface area contributed by atoms with Crippen LogP contribution in [0.25, 0.3) is 0 Å². The van der Waals surface area contributed by atoms with Crippen LogP contribution in [0.3, 0.4) is 0 Å². The first kappa shape index (κ1) is 18.8. The molecule has 0 saturated carbocycles. The molecule has 138 valence electrons. The van der Waals surface area contributed by atoms with Crippen LogP contribution in [0.4, 0.5) is 0 Å². The number of ether oxygens (including phenoxy) is 2. The Morgan fingerprint density at radius 3 is 2.65 bits per heavy atom. The van der Waals surface area contributed by atoms with Gasteiger partial charge >= 0.3 is 0 Å². The van der Waals surface area contributed by atoms with Crippen molar-refractivity contribution in [3.8, 4) is 11.5 Å². The normalized spacial score (nSPS) is 21.7. The highest BCUT2D eigenvalue weighted by Gasteiger charge is 2.36. The molecule has 0 aliphatic carbocycles. The summed E-state index contributed by atoms with van der Waals surface area (Å²) in [5.74, 6) is 1.21. The van der Waals surface area contributed by atoms with Gasteiger partial charge in [-0.05, 0) is 23.8 Å². The third kappa shape index (κ3) is 3.61. The van der Waals surface area contributed by atoms with E-state index in [0.717, 1.165) is 12.1 Å². The quantitative estimate of drug-likeness (QED) is 0.849. The molecule has 2 heterocycles. The SMILES string of the molecule is Cl.O=C(C1COc2ccccc2O1)N1CCNCC1c1ccccc1Cl. The number of benzene rings is 2. The van der Waals surface area contributed by atoms with E-state index in [0.29, 0.717) is 29.6 Å². The van der Waals surface area contributed by atoms with E-state index in [-0.39, 0.29) is 31.0 Å². The Bertz CT molecular complexity index is 787. The van der Waals surface area contributed by atoms with Crippen molar-refractivity contribution in [1.82, 2.24) is 10.2 Å². The van der Waals surface area contributed by atoms with Crippen molar-refractivity contribution in [3.63, 3.8) is 0 Å². The Morgan fingerprint density at radius 1 is 1.12 bits per heavy atom. The maximum atomic E-state index is 13.1. The van der Waals surface area contributed by atoms with Crippen molar-refractivity contribution < 1.29 is 14.3 Å². The molecule has 2 aromatic carbocycles. The minimum absolute atomic E-state index is 0. The van der Waals surface area contributed by atoms with Crippen LogP contribution in [0.1, 0.15) is 11.6 Å². The van der Waals surface area contributed by atoms with E-state index >= 15 is 0 Å². The molecule has 0 bridgehead atoms. The van der Waals surface area contributed by atoms with Crippen molar-refractivity contribution in [2.45, 2.75) is 12.1 Å². The van der Waals surface area contributed by atoms with E-state index in [1.165, 1.54) is 0 Å². The second kappa shape index (κ2) is 8.16. The van der Waals surface area contributed by atoms with Crippen LogP contribution in [0.2, 0.25) is 5.02 Å². The van der Waals surface area contributed by atoms with Crippen LogP contribution >= 0.6 is 24.0 Å². The van der Waals surface area contributed by atoms with Gasteiger partial charge in [-0.15, -0.1) is 12.4 Å². The fourth-order valence-electron chi connectivity index (χ4n) is 3.32. The van der Waals surface area contributed by atoms with E-state index < -0.39 is 6.10 Å². The molecule has 26 heavy (non-hydrogen) atoms. The minimum atomic E-state index is -0.641. The molecule has 2 aromatic rings. The highest BCUT2D eigenvalue weighted by molar-refractivity contribution is 6.31. The zero-order valence-corrected chi connectivity index (χ0v) is 15.6. The van der Waals surface area contributed by atoms with Crippen LogP contribution < -0.4 is 14.8 Å². The van der Waals surface area contributed by atoms with Gasteiger partial charge in [0.2, 0.25) is 6.10 Å². The number of nitrogens with one attached hydrogen (secondary N) is 1.